The quantitative estimate of drug-likeness (QED) is 0.813. The monoisotopic (exact) mass is 224 g/mol. The summed E-state index contributed by atoms with van der Waals surface area (Å²) in [6.45, 7) is 3.93. The maximum Gasteiger partial charge on any atom is 0.158 e. The molecule has 0 saturated heterocycles. The third-order valence-corrected chi connectivity index (χ3v) is 2.70. The van der Waals surface area contributed by atoms with Crippen molar-refractivity contribution in [3.8, 4) is 5.75 Å². The van der Waals surface area contributed by atoms with Gasteiger partial charge in [-0.15, -0.1) is 5.06 Å². The maximum atomic E-state index is 9.11. The molecule has 0 atom stereocenters. The van der Waals surface area contributed by atoms with Crippen molar-refractivity contribution >= 4 is 0 Å². The second-order valence-corrected chi connectivity index (χ2v) is 3.79. The molecule has 0 bridgehead atoms. The van der Waals surface area contributed by atoms with Gasteiger partial charge in [0.05, 0.1) is 32.0 Å². The first-order valence-electron chi connectivity index (χ1n) is 5.26. The van der Waals surface area contributed by atoms with Gasteiger partial charge in [0.2, 0.25) is 0 Å². The molecule has 0 unspecified atom stereocenters. The molecule has 1 aliphatic heterocycles. The van der Waals surface area contributed by atoms with Crippen molar-refractivity contribution in [3.05, 3.63) is 23.0 Å². The van der Waals surface area contributed by atoms with Gasteiger partial charge >= 0.3 is 0 Å². The van der Waals surface area contributed by atoms with Crippen molar-refractivity contribution in [2.24, 2.45) is 0 Å². The molecule has 0 amide bonds. The van der Waals surface area contributed by atoms with Gasteiger partial charge < -0.3 is 14.7 Å². The van der Waals surface area contributed by atoms with E-state index in [1.807, 2.05) is 12.0 Å². The van der Waals surface area contributed by atoms with E-state index in [0.29, 0.717) is 12.3 Å². The SMILES string of the molecule is COCCN1Cc2cnc(CO)c(C)c2O1. The van der Waals surface area contributed by atoms with Gasteiger partial charge in [0.15, 0.2) is 5.75 Å². The van der Waals surface area contributed by atoms with Crippen molar-refractivity contribution < 1.29 is 14.7 Å². The molecule has 0 saturated carbocycles. The van der Waals surface area contributed by atoms with Crippen LogP contribution in [0.5, 0.6) is 5.75 Å². The zero-order valence-corrected chi connectivity index (χ0v) is 9.56. The summed E-state index contributed by atoms with van der Waals surface area (Å²) in [5, 5.41) is 10.9. The smallest absolute Gasteiger partial charge is 0.158 e. The van der Waals surface area contributed by atoms with E-state index in [2.05, 4.69) is 4.98 Å². The molecule has 0 fully saturated rings. The van der Waals surface area contributed by atoms with Gasteiger partial charge in [-0.3, -0.25) is 4.98 Å². The standard InChI is InChI=1S/C11H16N2O3/c1-8-10(7-14)12-5-9-6-13(3-4-15-2)16-11(8)9/h5,14H,3-4,6-7H2,1-2H3. The Labute approximate surface area is 94.6 Å². The number of fused-ring (bicyclic) bond motifs is 1. The molecule has 16 heavy (non-hydrogen) atoms. The van der Waals surface area contributed by atoms with Crippen molar-refractivity contribution in [2.75, 3.05) is 20.3 Å². The van der Waals surface area contributed by atoms with Crippen LogP contribution in [0.2, 0.25) is 0 Å². The number of hydroxylamine groups is 2. The predicted molar refractivity (Wildman–Crippen MR) is 57.8 cm³/mol. The Kier molecular flexibility index (Phi) is 3.38. The highest BCUT2D eigenvalue weighted by Crippen LogP contribution is 2.32. The van der Waals surface area contributed by atoms with Crippen LogP contribution >= 0.6 is 0 Å². The number of rotatable bonds is 4. The number of methoxy groups -OCH3 is 1. The summed E-state index contributed by atoms with van der Waals surface area (Å²) in [4.78, 5) is 9.88. The van der Waals surface area contributed by atoms with Crippen LogP contribution in [0.15, 0.2) is 6.20 Å². The lowest BCUT2D eigenvalue weighted by atomic mass is 10.1. The summed E-state index contributed by atoms with van der Waals surface area (Å²) in [5.74, 6) is 0.829. The maximum absolute atomic E-state index is 9.11. The number of aliphatic hydroxyl groups is 1. The van der Waals surface area contributed by atoms with E-state index < -0.39 is 0 Å². The fourth-order valence-electron chi connectivity index (χ4n) is 1.75. The summed E-state index contributed by atoms with van der Waals surface area (Å²) >= 11 is 0. The summed E-state index contributed by atoms with van der Waals surface area (Å²) in [6.07, 6.45) is 1.76. The number of nitrogens with zero attached hydrogens (tertiary/aromatic N) is 2. The van der Waals surface area contributed by atoms with Gasteiger partial charge in [0.1, 0.15) is 0 Å². The van der Waals surface area contributed by atoms with E-state index in [-0.39, 0.29) is 6.61 Å². The van der Waals surface area contributed by atoms with Crippen LogP contribution in [0.1, 0.15) is 16.8 Å². The second-order valence-electron chi connectivity index (χ2n) is 3.79. The molecule has 88 valence electrons. The summed E-state index contributed by atoms with van der Waals surface area (Å²) in [7, 11) is 1.67. The zero-order chi connectivity index (χ0) is 11.5. The highest BCUT2D eigenvalue weighted by Gasteiger charge is 2.24. The van der Waals surface area contributed by atoms with E-state index in [0.717, 1.165) is 30.0 Å². The first kappa shape index (κ1) is 11.3. The number of ether oxygens (including phenoxy) is 1. The van der Waals surface area contributed by atoms with Gasteiger partial charge in [-0.05, 0) is 6.92 Å². The fourth-order valence-corrected chi connectivity index (χ4v) is 1.75. The molecular formula is C11H16N2O3. The Morgan fingerprint density at radius 1 is 1.62 bits per heavy atom. The second kappa shape index (κ2) is 4.78. The number of aliphatic hydroxyl groups excluding tert-OH is 1. The van der Waals surface area contributed by atoms with Gasteiger partial charge in [0, 0.05) is 24.4 Å². The Hall–Kier alpha value is -1.17. The van der Waals surface area contributed by atoms with Crippen LogP contribution < -0.4 is 4.84 Å². The Morgan fingerprint density at radius 3 is 3.12 bits per heavy atom. The molecule has 0 spiro atoms. The van der Waals surface area contributed by atoms with Crippen LogP contribution in [0.25, 0.3) is 0 Å². The topological polar surface area (TPSA) is 54.8 Å². The fraction of sp³-hybridized carbons (Fsp3) is 0.545. The minimum atomic E-state index is -0.0550. The first-order valence-corrected chi connectivity index (χ1v) is 5.26. The summed E-state index contributed by atoms with van der Waals surface area (Å²) in [6, 6.07) is 0. The Balaban J connectivity index is 2.14. The number of pyridine rings is 1. The van der Waals surface area contributed by atoms with Gasteiger partial charge in [-0.25, -0.2) is 0 Å². The van der Waals surface area contributed by atoms with Gasteiger partial charge in [0.25, 0.3) is 0 Å². The molecule has 0 radical (unpaired) electrons. The Morgan fingerprint density at radius 2 is 2.44 bits per heavy atom. The lowest BCUT2D eigenvalue weighted by Gasteiger charge is -2.14. The highest BCUT2D eigenvalue weighted by molar-refractivity contribution is 5.43. The normalized spacial score (nSPS) is 14.9. The average Bonchev–Trinajstić information content (AvgIpc) is 2.71. The van der Waals surface area contributed by atoms with Crippen molar-refractivity contribution in [1.29, 1.82) is 0 Å². The number of hydrogen-bond donors (Lipinski definition) is 1. The van der Waals surface area contributed by atoms with Crippen LogP contribution in [-0.4, -0.2) is 35.4 Å². The third kappa shape index (κ3) is 2.02. The number of hydrogen-bond acceptors (Lipinski definition) is 5. The third-order valence-electron chi connectivity index (χ3n) is 2.70. The van der Waals surface area contributed by atoms with E-state index in [1.165, 1.54) is 0 Å². The van der Waals surface area contributed by atoms with E-state index in [1.54, 1.807) is 13.3 Å². The molecule has 5 nitrogen and oxygen atoms in total. The van der Waals surface area contributed by atoms with Crippen molar-refractivity contribution in [3.63, 3.8) is 0 Å². The first-order chi connectivity index (χ1) is 7.76. The largest absolute Gasteiger partial charge is 0.405 e. The van der Waals surface area contributed by atoms with Crippen LogP contribution in [0.3, 0.4) is 0 Å². The van der Waals surface area contributed by atoms with Crippen LogP contribution in [0.4, 0.5) is 0 Å². The molecule has 2 rings (SSSR count). The zero-order valence-electron chi connectivity index (χ0n) is 9.56. The molecule has 0 aromatic carbocycles. The van der Waals surface area contributed by atoms with Crippen molar-refractivity contribution in [2.45, 2.75) is 20.1 Å². The molecule has 1 aliphatic rings. The lowest BCUT2D eigenvalue weighted by Crippen LogP contribution is -2.25. The van der Waals surface area contributed by atoms with Gasteiger partial charge in [-0.1, -0.05) is 0 Å². The summed E-state index contributed by atoms with van der Waals surface area (Å²) in [5.41, 5.74) is 2.65. The van der Waals surface area contributed by atoms with Crippen LogP contribution in [0, 0.1) is 6.92 Å². The van der Waals surface area contributed by atoms with Gasteiger partial charge in [-0.2, -0.15) is 0 Å². The lowest BCUT2D eigenvalue weighted by molar-refractivity contribution is -0.0573. The van der Waals surface area contributed by atoms with E-state index >= 15 is 0 Å². The molecular weight excluding hydrogens is 208 g/mol. The number of aromatic nitrogens is 1. The van der Waals surface area contributed by atoms with E-state index in [9.17, 15) is 0 Å². The van der Waals surface area contributed by atoms with E-state index in [4.69, 9.17) is 14.7 Å². The van der Waals surface area contributed by atoms with Crippen molar-refractivity contribution in [1.82, 2.24) is 10.0 Å². The molecule has 0 aliphatic carbocycles. The van der Waals surface area contributed by atoms with Crippen LogP contribution in [-0.2, 0) is 17.9 Å². The molecule has 1 aromatic heterocycles. The average molecular weight is 224 g/mol. The highest BCUT2D eigenvalue weighted by atomic mass is 16.7. The molecule has 1 N–H and O–H groups in total. The summed E-state index contributed by atoms with van der Waals surface area (Å²) < 4.78 is 5.00. The Bertz CT molecular complexity index is 382. The minimum Gasteiger partial charge on any atom is -0.405 e. The molecule has 1 aromatic rings. The molecule has 2 heterocycles. The predicted octanol–water partition coefficient (Wildman–Crippen LogP) is 0.638. The minimum absolute atomic E-state index is 0.0550. The molecule has 5 heteroatoms.